The third-order valence-corrected chi connectivity index (χ3v) is 6.12. The van der Waals surface area contributed by atoms with Gasteiger partial charge in [-0.2, -0.15) is 0 Å². The van der Waals surface area contributed by atoms with Crippen molar-refractivity contribution in [3.63, 3.8) is 0 Å². The Morgan fingerprint density at radius 3 is 2.21 bits per heavy atom. The standard InChI is InChI=1S/C22H20N2O3S/c25-20(14-24-21(26)16-10-4-5-11-17(16)22(24)27)23-18-12-6-7-13-19(18)28-15-8-2-1-3-9-15/h1-9,12-13,16-17H,10-11,14H2,(H,23,25)/t16-,17-/m1/s1. The van der Waals surface area contributed by atoms with E-state index >= 15 is 0 Å². The Balaban J connectivity index is 1.45. The molecule has 3 amide bonds. The lowest BCUT2D eigenvalue weighted by atomic mass is 9.85. The molecule has 2 aromatic carbocycles. The van der Waals surface area contributed by atoms with Gasteiger partial charge in [0.1, 0.15) is 6.54 Å². The maximum Gasteiger partial charge on any atom is 0.244 e. The summed E-state index contributed by atoms with van der Waals surface area (Å²) in [5, 5.41) is 2.86. The molecule has 2 atom stereocenters. The van der Waals surface area contributed by atoms with E-state index in [1.165, 1.54) is 0 Å². The molecule has 1 heterocycles. The van der Waals surface area contributed by atoms with E-state index in [0.29, 0.717) is 18.5 Å². The molecule has 1 fully saturated rings. The highest BCUT2D eigenvalue weighted by Crippen LogP contribution is 2.35. The minimum absolute atomic E-state index is 0.235. The topological polar surface area (TPSA) is 66.5 Å². The van der Waals surface area contributed by atoms with Crippen molar-refractivity contribution in [3.05, 3.63) is 66.7 Å². The van der Waals surface area contributed by atoms with Gasteiger partial charge in [-0.3, -0.25) is 19.3 Å². The van der Waals surface area contributed by atoms with Crippen molar-refractivity contribution in [1.82, 2.24) is 4.90 Å². The average molecular weight is 392 g/mol. The number of benzene rings is 2. The first-order valence-electron chi connectivity index (χ1n) is 9.25. The lowest BCUT2D eigenvalue weighted by Gasteiger charge is -2.16. The van der Waals surface area contributed by atoms with Gasteiger partial charge >= 0.3 is 0 Å². The number of rotatable bonds is 5. The summed E-state index contributed by atoms with van der Waals surface area (Å²) in [6, 6.07) is 17.4. The zero-order chi connectivity index (χ0) is 19.5. The summed E-state index contributed by atoms with van der Waals surface area (Å²) in [4.78, 5) is 40.7. The highest BCUT2D eigenvalue weighted by Gasteiger charge is 2.47. The van der Waals surface area contributed by atoms with Crippen molar-refractivity contribution >= 4 is 35.2 Å². The van der Waals surface area contributed by atoms with Crippen LogP contribution in [0.3, 0.4) is 0 Å². The highest BCUT2D eigenvalue weighted by molar-refractivity contribution is 7.99. The number of likely N-dealkylation sites (tertiary alicyclic amines) is 1. The largest absolute Gasteiger partial charge is 0.323 e. The lowest BCUT2D eigenvalue weighted by Crippen LogP contribution is -2.38. The van der Waals surface area contributed by atoms with Crippen LogP contribution in [0.1, 0.15) is 12.8 Å². The number of carbonyl (C=O) groups is 3. The fourth-order valence-electron chi connectivity index (χ4n) is 3.63. The van der Waals surface area contributed by atoms with Crippen molar-refractivity contribution in [1.29, 1.82) is 0 Å². The molecule has 0 radical (unpaired) electrons. The van der Waals surface area contributed by atoms with Crippen molar-refractivity contribution < 1.29 is 14.4 Å². The summed E-state index contributed by atoms with van der Waals surface area (Å²) in [6.45, 7) is -0.241. The van der Waals surface area contributed by atoms with E-state index in [4.69, 9.17) is 0 Å². The number of imide groups is 1. The molecule has 142 valence electrons. The van der Waals surface area contributed by atoms with Gasteiger partial charge in [-0.25, -0.2) is 0 Å². The second-order valence-corrected chi connectivity index (χ2v) is 7.99. The molecule has 0 unspecified atom stereocenters. The number of hydrogen-bond donors (Lipinski definition) is 1. The Bertz CT molecular complexity index is 916. The van der Waals surface area contributed by atoms with Crippen molar-refractivity contribution in [2.45, 2.75) is 22.6 Å². The first kappa shape index (κ1) is 18.5. The molecule has 5 nitrogen and oxygen atoms in total. The van der Waals surface area contributed by atoms with E-state index in [2.05, 4.69) is 5.32 Å². The summed E-state index contributed by atoms with van der Waals surface area (Å²) in [6.07, 6.45) is 5.02. The number of hydrogen-bond acceptors (Lipinski definition) is 4. The minimum atomic E-state index is -0.366. The zero-order valence-electron chi connectivity index (χ0n) is 15.2. The molecule has 2 aromatic rings. The number of nitrogens with one attached hydrogen (secondary N) is 1. The molecule has 4 rings (SSSR count). The van der Waals surface area contributed by atoms with Crippen LogP contribution in [0.2, 0.25) is 0 Å². The van der Waals surface area contributed by atoms with Crippen LogP contribution in [-0.4, -0.2) is 29.2 Å². The fraction of sp³-hybridized carbons (Fsp3) is 0.227. The Morgan fingerprint density at radius 2 is 1.54 bits per heavy atom. The van der Waals surface area contributed by atoms with Gasteiger partial charge in [-0.15, -0.1) is 0 Å². The molecule has 6 heteroatoms. The fourth-order valence-corrected chi connectivity index (χ4v) is 4.56. The summed E-state index contributed by atoms with van der Waals surface area (Å²) < 4.78 is 0. The quantitative estimate of drug-likeness (QED) is 0.622. The average Bonchev–Trinajstić information content (AvgIpc) is 2.95. The van der Waals surface area contributed by atoms with Gasteiger partial charge < -0.3 is 5.32 Å². The van der Waals surface area contributed by atoms with Gasteiger partial charge in [0.2, 0.25) is 17.7 Å². The van der Waals surface area contributed by atoms with Crippen LogP contribution in [0.5, 0.6) is 0 Å². The van der Waals surface area contributed by atoms with E-state index in [9.17, 15) is 14.4 Å². The summed E-state index contributed by atoms with van der Waals surface area (Å²) in [5.74, 6) is -1.46. The molecule has 1 N–H and O–H groups in total. The van der Waals surface area contributed by atoms with E-state index in [0.717, 1.165) is 14.7 Å². The van der Waals surface area contributed by atoms with Crippen molar-refractivity contribution in [2.75, 3.05) is 11.9 Å². The third-order valence-electron chi connectivity index (χ3n) is 5.03. The van der Waals surface area contributed by atoms with Gasteiger partial charge in [0.05, 0.1) is 17.5 Å². The first-order chi connectivity index (χ1) is 13.6. The van der Waals surface area contributed by atoms with Gasteiger partial charge in [0.25, 0.3) is 0 Å². The summed E-state index contributed by atoms with van der Waals surface area (Å²) in [7, 11) is 0. The number of allylic oxidation sites excluding steroid dienone is 2. The minimum Gasteiger partial charge on any atom is -0.323 e. The van der Waals surface area contributed by atoms with E-state index < -0.39 is 0 Å². The number of anilines is 1. The van der Waals surface area contributed by atoms with Crippen LogP contribution < -0.4 is 5.32 Å². The van der Waals surface area contributed by atoms with Crippen LogP contribution in [0.4, 0.5) is 5.69 Å². The van der Waals surface area contributed by atoms with Crippen molar-refractivity contribution in [3.8, 4) is 0 Å². The number of para-hydroxylation sites is 1. The van der Waals surface area contributed by atoms with Gasteiger partial charge in [-0.1, -0.05) is 54.2 Å². The molecule has 1 aliphatic carbocycles. The monoisotopic (exact) mass is 392 g/mol. The number of amides is 3. The third kappa shape index (κ3) is 3.73. The first-order valence-corrected chi connectivity index (χ1v) is 10.1. The molecule has 0 spiro atoms. The summed E-state index contributed by atoms with van der Waals surface area (Å²) in [5.41, 5.74) is 0.666. The molecule has 0 aromatic heterocycles. The second-order valence-electron chi connectivity index (χ2n) is 6.88. The molecule has 2 aliphatic rings. The van der Waals surface area contributed by atoms with Gasteiger partial charge in [0.15, 0.2) is 0 Å². The Kier molecular flexibility index (Phi) is 5.30. The Hall–Kier alpha value is -2.86. The Morgan fingerprint density at radius 1 is 0.929 bits per heavy atom. The highest BCUT2D eigenvalue weighted by atomic mass is 32.2. The van der Waals surface area contributed by atoms with E-state index in [-0.39, 0.29) is 36.1 Å². The molecule has 1 saturated heterocycles. The molecule has 0 saturated carbocycles. The van der Waals surface area contributed by atoms with Crippen LogP contribution in [-0.2, 0) is 14.4 Å². The maximum absolute atomic E-state index is 12.6. The zero-order valence-corrected chi connectivity index (χ0v) is 16.0. The van der Waals surface area contributed by atoms with Crippen LogP contribution in [0, 0.1) is 11.8 Å². The number of carbonyl (C=O) groups excluding carboxylic acids is 3. The number of nitrogens with zero attached hydrogens (tertiary/aromatic N) is 1. The second kappa shape index (κ2) is 8.02. The lowest BCUT2D eigenvalue weighted by molar-refractivity contribution is -0.142. The molecule has 1 aliphatic heterocycles. The molecular formula is C22H20N2O3S. The molecule has 28 heavy (non-hydrogen) atoms. The maximum atomic E-state index is 12.6. The van der Waals surface area contributed by atoms with Crippen LogP contribution >= 0.6 is 11.8 Å². The summed E-state index contributed by atoms with van der Waals surface area (Å²) >= 11 is 1.55. The van der Waals surface area contributed by atoms with Crippen LogP contribution in [0.25, 0.3) is 0 Å². The van der Waals surface area contributed by atoms with E-state index in [1.54, 1.807) is 11.8 Å². The SMILES string of the molecule is O=C(CN1C(=O)[C@@H]2CC=CC[C@H]2C1=O)Nc1ccccc1Sc1ccccc1. The predicted octanol–water partition coefficient (Wildman–Crippen LogP) is 3.73. The van der Waals surface area contributed by atoms with Gasteiger partial charge in [0, 0.05) is 9.79 Å². The normalized spacial score (nSPS) is 20.9. The number of fused-ring (bicyclic) bond motifs is 1. The molecular weight excluding hydrogens is 372 g/mol. The smallest absolute Gasteiger partial charge is 0.244 e. The van der Waals surface area contributed by atoms with Crippen molar-refractivity contribution in [2.24, 2.45) is 11.8 Å². The van der Waals surface area contributed by atoms with Crippen LogP contribution in [0.15, 0.2) is 76.5 Å². The van der Waals surface area contributed by atoms with Gasteiger partial charge in [-0.05, 0) is 37.1 Å². The van der Waals surface area contributed by atoms with E-state index in [1.807, 2.05) is 66.7 Å². The Labute approximate surface area is 167 Å². The molecule has 0 bridgehead atoms. The predicted molar refractivity (Wildman–Crippen MR) is 108 cm³/mol.